The predicted octanol–water partition coefficient (Wildman–Crippen LogP) is 4.09. The van der Waals surface area contributed by atoms with Gasteiger partial charge in [0.1, 0.15) is 0 Å². The summed E-state index contributed by atoms with van der Waals surface area (Å²) in [6.45, 7) is 7.65. The van der Waals surface area contributed by atoms with Crippen LogP contribution in [0, 0.1) is 19.8 Å². The number of amides is 1. The van der Waals surface area contributed by atoms with Crippen molar-refractivity contribution in [3.8, 4) is 0 Å². The Balaban J connectivity index is 2.22. The highest BCUT2D eigenvalue weighted by Crippen LogP contribution is 2.24. The highest BCUT2D eigenvalue weighted by Gasteiger charge is 2.16. The van der Waals surface area contributed by atoms with E-state index < -0.39 is 10.0 Å². The van der Waals surface area contributed by atoms with Gasteiger partial charge in [-0.25, -0.2) is 8.42 Å². The lowest BCUT2D eigenvalue weighted by Crippen LogP contribution is -2.16. The minimum absolute atomic E-state index is 0.0915. The van der Waals surface area contributed by atoms with Gasteiger partial charge in [-0.1, -0.05) is 37.6 Å². The van der Waals surface area contributed by atoms with E-state index in [0.717, 1.165) is 11.1 Å². The lowest BCUT2D eigenvalue weighted by Gasteiger charge is -2.13. The Labute approximate surface area is 149 Å². The minimum Gasteiger partial charge on any atom is -0.326 e. The molecular weight excluding hydrogens is 336 g/mol. The summed E-state index contributed by atoms with van der Waals surface area (Å²) in [7, 11) is -3.68. The van der Waals surface area contributed by atoms with Crippen molar-refractivity contribution < 1.29 is 13.2 Å². The Bertz CT molecular complexity index is 857. The average molecular weight is 360 g/mol. The third kappa shape index (κ3) is 5.32. The number of sulfonamides is 1. The fourth-order valence-corrected chi connectivity index (χ4v) is 3.44. The van der Waals surface area contributed by atoms with Gasteiger partial charge >= 0.3 is 0 Å². The first-order valence-corrected chi connectivity index (χ1v) is 9.65. The first-order valence-electron chi connectivity index (χ1n) is 8.17. The zero-order valence-electron chi connectivity index (χ0n) is 15.0. The van der Waals surface area contributed by atoms with Crippen LogP contribution < -0.4 is 10.0 Å². The molecule has 0 saturated carbocycles. The third-order valence-corrected chi connectivity index (χ3v) is 5.07. The number of benzene rings is 2. The van der Waals surface area contributed by atoms with Gasteiger partial charge in [0, 0.05) is 12.1 Å². The average Bonchev–Trinajstić information content (AvgIpc) is 2.50. The van der Waals surface area contributed by atoms with Gasteiger partial charge < -0.3 is 5.32 Å². The van der Waals surface area contributed by atoms with Gasteiger partial charge in [-0.15, -0.1) is 0 Å². The van der Waals surface area contributed by atoms with Crippen LogP contribution in [0.5, 0.6) is 0 Å². The van der Waals surface area contributed by atoms with Crippen LogP contribution in [0.3, 0.4) is 0 Å². The number of aryl methyl sites for hydroxylation is 2. The molecule has 5 nitrogen and oxygen atoms in total. The molecule has 0 aliphatic carbocycles. The lowest BCUT2D eigenvalue weighted by atomic mass is 10.1. The Morgan fingerprint density at radius 2 is 1.68 bits per heavy atom. The first-order chi connectivity index (χ1) is 11.7. The molecule has 0 aromatic heterocycles. The molecule has 2 rings (SSSR count). The van der Waals surface area contributed by atoms with Crippen molar-refractivity contribution in [1.82, 2.24) is 0 Å². The normalized spacial score (nSPS) is 11.4. The molecule has 0 aliphatic heterocycles. The number of carbonyl (C=O) groups is 1. The van der Waals surface area contributed by atoms with Crippen molar-refractivity contribution in [3.63, 3.8) is 0 Å². The van der Waals surface area contributed by atoms with Crippen LogP contribution in [-0.2, 0) is 14.8 Å². The van der Waals surface area contributed by atoms with E-state index in [1.165, 1.54) is 0 Å². The fourth-order valence-electron chi connectivity index (χ4n) is 2.31. The molecule has 0 aliphatic rings. The first kappa shape index (κ1) is 19.0. The standard InChI is InChI=1S/C19H24N2O3S/c1-13(2)11-19(22)20-16-8-7-15(4)18(12-16)21-25(23,24)17-9-5-14(3)6-10-17/h5-10,12-13,21H,11H2,1-4H3,(H,20,22). The second kappa shape index (κ2) is 7.70. The monoisotopic (exact) mass is 360 g/mol. The van der Waals surface area contributed by atoms with E-state index in [9.17, 15) is 13.2 Å². The van der Waals surface area contributed by atoms with E-state index in [2.05, 4.69) is 10.0 Å². The van der Waals surface area contributed by atoms with Crippen molar-refractivity contribution in [2.75, 3.05) is 10.0 Å². The lowest BCUT2D eigenvalue weighted by molar-refractivity contribution is -0.116. The molecule has 0 radical (unpaired) electrons. The maximum atomic E-state index is 12.5. The molecular formula is C19H24N2O3S. The van der Waals surface area contributed by atoms with E-state index in [0.29, 0.717) is 17.8 Å². The van der Waals surface area contributed by atoms with E-state index in [-0.39, 0.29) is 16.7 Å². The molecule has 0 heterocycles. The number of carbonyl (C=O) groups excluding carboxylic acids is 1. The van der Waals surface area contributed by atoms with Crippen LogP contribution in [0.1, 0.15) is 31.4 Å². The van der Waals surface area contributed by atoms with E-state index >= 15 is 0 Å². The third-order valence-electron chi connectivity index (χ3n) is 3.69. The van der Waals surface area contributed by atoms with Crippen molar-refractivity contribution in [3.05, 3.63) is 53.6 Å². The van der Waals surface area contributed by atoms with E-state index in [4.69, 9.17) is 0 Å². The minimum atomic E-state index is -3.68. The molecule has 1 amide bonds. The fraction of sp³-hybridized carbons (Fsp3) is 0.316. The topological polar surface area (TPSA) is 75.3 Å². The summed E-state index contributed by atoms with van der Waals surface area (Å²) in [6, 6.07) is 11.8. The summed E-state index contributed by atoms with van der Waals surface area (Å²) in [5.41, 5.74) is 2.78. The Morgan fingerprint density at radius 1 is 1.04 bits per heavy atom. The SMILES string of the molecule is Cc1ccc(S(=O)(=O)Nc2cc(NC(=O)CC(C)C)ccc2C)cc1. The molecule has 0 atom stereocenters. The van der Waals surface area contributed by atoms with Crippen molar-refractivity contribution >= 4 is 27.3 Å². The second-order valence-electron chi connectivity index (χ2n) is 6.59. The summed E-state index contributed by atoms with van der Waals surface area (Å²) in [6.07, 6.45) is 0.415. The number of rotatable bonds is 6. The van der Waals surface area contributed by atoms with Crippen molar-refractivity contribution in [2.45, 2.75) is 39.0 Å². The van der Waals surface area contributed by atoms with Gasteiger partial charge in [0.15, 0.2) is 0 Å². The molecule has 2 aromatic rings. The predicted molar refractivity (Wildman–Crippen MR) is 101 cm³/mol. The van der Waals surface area contributed by atoms with Crippen molar-refractivity contribution in [2.24, 2.45) is 5.92 Å². The van der Waals surface area contributed by atoms with Crippen LogP contribution in [0.2, 0.25) is 0 Å². The number of nitrogens with one attached hydrogen (secondary N) is 2. The van der Waals surface area contributed by atoms with E-state index in [1.54, 1.807) is 42.5 Å². The summed E-state index contributed by atoms with van der Waals surface area (Å²) < 4.78 is 27.7. The largest absolute Gasteiger partial charge is 0.326 e. The van der Waals surface area contributed by atoms with Crippen LogP contribution in [0.25, 0.3) is 0 Å². The molecule has 0 fully saturated rings. The van der Waals surface area contributed by atoms with Crippen LogP contribution in [0.4, 0.5) is 11.4 Å². The smallest absolute Gasteiger partial charge is 0.261 e. The maximum Gasteiger partial charge on any atom is 0.261 e. The summed E-state index contributed by atoms with van der Waals surface area (Å²) in [5.74, 6) is 0.163. The number of anilines is 2. The molecule has 6 heteroatoms. The summed E-state index contributed by atoms with van der Waals surface area (Å²) in [4.78, 5) is 12.1. The molecule has 0 unspecified atom stereocenters. The second-order valence-corrected chi connectivity index (χ2v) is 8.28. The van der Waals surface area contributed by atoms with Crippen LogP contribution in [0.15, 0.2) is 47.4 Å². The van der Waals surface area contributed by atoms with Crippen LogP contribution >= 0.6 is 0 Å². The van der Waals surface area contributed by atoms with Gasteiger partial charge in [0.05, 0.1) is 10.6 Å². The van der Waals surface area contributed by atoms with Gasteiger partial charge in [-0.3, -0.25) is 9.52 Å². The van der Waals surface area contributed by atoms with Gasteiger partial charge in [0.2, 0.25) is 5.91 Å². The molecule has 0 saturated heterocycles. The Morgan fingerprint density at radius 3 is 2.28 bits per heavy atom. The molecule has 25 heavy (non-hydrogen) atoms. The summed E-state index contributed by atoms with van der Waals surface area (Å²) >= 11 is 0. The molecule has 134 valence electrons. The summed E-state index contributed by atoms with van der Waals surface area (Å²) in [5, 5.41) is 2.80. The van der Waals surface area contributed by atoms with Crippen molar-refractivity contribution in [1.29, 1.82) is 0 Å². The number of hydrogen-bond donors (Lipinski definition) is 2. The molecule has 0 bridgehead atoms. The van der Waals surface area contributed by atoms with Gasteiger partial charge in [-0.05, 0) is 49.6 Å². The molecule has 2 N–H and O–H groups in total. The zero-order chi connectivity index (χ0) is 18.6. The molecule has 0 spiro atoms. The maximum absolute atomic E-state index is 12.5. The highest BCUT2D eigenvalue weighted by molar-refractivity contribution is 7.92. The van der Waals surface area contributed by atoms with E-state index in [1.807, 2.05) is 27.7 Å². The quantitative estimate of drug-likeness (QED) is 0.815. The zero-order valence-corrected chi connectivity index (χ0v) is 15.8. The Kier molecular flexibility index (Phi) is 5.85. The van der Waals surface area contributed by atoms with Crippen LogP contribution in [-0.4, -0.2) is 14.3 Å². The van der Waals surface area contributed by atoms with Gasteiger partial charge in [0.25, 0.3) is 10.0 Å². The van der Waals surface area contributed by atoms with Gasteiger partial charge in [-0.2, -0.15) is 0 Å². The Hall–Kier alpha value is -2.34. The molecule has 2 aromatic carbocycles. The highest BCUT2D eigenvalue weighted by atomic mass is 32.2. The number of hydrogen-bond acceptors (Lipinski definition) is 3.